The number of rotatable bonds is 6. The largest absolute Gasteiger partial charge is 0.497 e. The van der Waals surface area contributed by atoms with Crippen LogP contribution < -0.4 is 14.8 Å². The van der Waals surface area contributed by atoms with Crippen molar-refractivity contribution in [1.29, 1.82) is 0 Å². The fourth-order valence-corrected chi connectivity index (χ4v) is 1.54. The van der Waals surface area contributed by atoms with Gasteiger partial charge in [0.15, 0.2) is 0 Å². The molecule has 0 spiro atoms. The third-order valence-electron chi connectivity index (χ3n) is 2.64. The second-order valence-electron chi connectivity index (χ2n) is 3.80. The number of methoxy groups -OCH3 is 3. The van der Waals surface area contributed by atoms with E-state index in [-0.39, 0.29) is 12.0 Å². The minimum Gasteiger partial charge on any atom is -0.497 e. The number of benzene rings is 1. The first-order valence-electron chi connectivity index (χ1n) is 5.64. The lowest BCUT2D eigenvalue weighted by Crippen LogP contribution is -2.34. The van der Waals surface area contributed by atoms with E-state index >= 15 is 0 Å². The maximum absolute atomic E-state index is 11.3. The molecule has 0 aliphatic rings. The summed E-state index contributed by atoms with van der Waals surface area (Å²) in [7, 11) is 4.58. The molecule has 1 unspecified atom stereocenters. The summed E-state index contributed by atoms with van der Waals surface area (Å²) in [6.07, 6.45) is 0. The molecule has 1 atom stereocenters. The van der Waals surface area contributed by atoms with Gasteiger partial charge in [0.1, 0.15) is 17.5 Å². The van der Waals surface area contributed by atoms with Gasteiger partial charge in [-0.25, -0.2) is 0 Å². The molecule has 1 rings (SSSR count). The van der Waals surface area contributed by atoms with Crippen molar-refractivity contribution < 1.29 is 19.0 Å². The highest BCUT2D eigenvalue weighted by molar-refractivity contribution is 5.75. The Morgan fingerprint density at radius 1 is 1.28 bits per heavy atom. The molecular weight excluding hydrogens is 234 g/mol. The van der Waals surface area contributed by atoms with Crippen LogP contribution in [0.25, 0.3) is 0 Å². The highest BCUT2D eigenvalue weighted by Gasteiger charge is 2.13. The zero-order chi connectivity index (χ0) is 13.5. The lowest BCUT2D eigenvalue weighted by atomic mass is 10.1. The Kier molecular flexibility index (Phi) is 5.45. The SMILES string of the molecule is COC(=O)C(C)NCc1cc(OC)ccc1OC. The number of nitrogens with one attached hydrogen (secondary N) is 1. The lowest BCUT2D eigenvalue weighted by molar-refractivity contribution is -0.142. The summed E-state index contributed by atoms with van der Waals surface area (Å²) in [4.78, 5) is 11.3. The van der Waals surface area contributed by atoms with Crippen molar-refractivity contribution in [3.63, 3.8) is 0 Å². The van der Waals surface area contributed by atoms with Gasteiger partial charge < -0.3 is 19.5 Å². The van der Waals surface area contributed by atoms with Crippen LogP contribution in [-0.2, 0) is 16.1 Å². The fourth-order valence-electron chi connectivity index (χ4n) is 1.54. The Labute approximate surface area is 107 Å². The van der Waals surface area contributed by atoms with E-state index in [9.17, 15) is 4.79 Å². The van der Waals surface area contributed by atoms with Crippen LogP contribution in [0, 0.1) is 0 Å². The summed E-state index contributed by atoms with van der Waals surface area (Å²) < 4.78 is 15.1. The molecule has 0 heterocycles. The molecule has 0 amide bonds. The minimum absolute atomic E-state index is 0.295. The maximum Gasteiger partial charge on any atom is 0.322 e. The molecule has 0 aliphatic heterocycles. The van der Waals surface area contributed by atoms with Gasteiger partial charge in [-0.1, -0.05) is 0 Å². The molecular formula is C13H19NO4. The van der Waals surface area contributed by atoms with E-state index < -0.39 is 0 Å². The predicted octanol–water partition coefficient (Wildman–Crippen LogP) is 1.35. The summed E-state index contributed by atoms with van der Waals surface area (Å²) in [5, 5.41) is 3.07. The first-order valence-corrected chi connectivity index (χ1v) is 5.64. The van der Waals surface area contributed by atoms with Gasteiger partial charge in [-0.2, -0.15) is 0 Å². The van der Waals surface area contributed by atoms with Crippen LogP contribution in [0.1, 0.15) is 12.5 Å². The van der Waals surface area contributed by atoms with Crippen molar-refractivity contribution in [2.75, 3.05) is 21.3 Å². The Morgan fingerprint density at radius 2 is 2.00 bits per heavy atom. The molecule has 0 radical (unpaired) electrons. The second-order valence-corrected chi connectivity index (χ2v) is 3.80. The predicted molar refractivity (Wildman–Crippen MR) is 67.9 cm³/mol. The third kappa shape index (κ3) is 3.63. The summed E-state index contributed by atoms with van der Waals surface area (Å²) in [6, 6.07) is 5.16. The molecule has 0 saturated heterocycles. The van der Waals surface area contributed by atoms with E-state index in [1.165, 1.54) is 7.11 Å². The van der Waals surface area contributed by atoms with Crippen LogP contribution in [0.3, 0.4) is 0 Å². The number of ether oxygens (including phenoxy) is 3. The third-order valence-corrected chi connectivity index (χ3v) is 2.64. The van der Waals surface area contributed by atoms with Crippen molar-refractivity contribution >= 4 is 5.97 Å². The number of carbonyl (C=O) groups is 1. The van der Waals surface area contributed by atoms with Crippen LogP contribution in [0.5, 0.6) is 11.5 Å². The molecule has 0 bridgehead atoms. The average molecular weight is 253 g/mol. The molecule has 0 aromatic heterocycles. The van der Waals surface area contributed by atoms with Crippen LogP contribution in [-0.4, -0.2) is 33.3 Å². The molecule has 0 aliphatic carbocycles. The van der Waals surface area contributed by atoms with Gasteiger partial charge in [0.05, 0.1) is 21.3 Å². The topological polar surface area (TPSA) is 56.8 Å². The summed E-state index contributed by atoms with van der Waals surface area (Å²) >= 11 is 0. The van der Waals surface area contributed by atoms with Gasteiger partial charge in [0, 0.05) is 12.1 Å². The summed E-state index contributed by atoms with van der Waals surface area (Å²) in [5.74, 6) is 1.20. The van der Waals surface area contributed by atoms with Gasteiger partial charge in [0.25, 0.3) is 0 Å². The van der Waals surface area contributed by atoms with Gasteiger partial charge in [-0.3, -0.25) is 4.79 Å². The summed E-state index contributed by atoms with van der Waals surface area (Å²) in [5.41, 5.74) is 0.924. The van der Waals surface area contributed by atoms with Crippen molar-refractivity contribution in [3.8, 4) is 11.5 Å². The van der Waals surface area contributed by atoms with E-state index in [0.717, 1.165) is 17.1 Å². The van der Waals surface area contributed by atoms with E-state index in [1.54, 1.807) is 21.1 Å². The van der Waals surface area contributed by atoms with Crippen LogP contribution in [0.4, 0.5) is 0 Å². The van der Waals surface area contributed by atoms with Gasteiger partial charge in [-0.05, 0) is 25.1 Å². The number of hydrogen-bond donors (Lipinski definition) is 1. The number of hydrogen-bond acceptors (Lipinski definition) is 5. The van der Waals surface area contributed by atoms with E-state index in [4.69, 9.17) is 9.47 Å². The van der Waals surface area contributed by atoms with E-state index in [2.05, 4.69) is 10.1 Å². The van der Waals surface area contributed by atoms with Gasteiger partial charge in [-0.15, -0.1) is 0 Å². The Bertz CT molecular complexity index is 406. The van der Waals surface area contributed by atoms with Crippen molar-refractivity contribution in [2.45, 2.75) is 19.5 Å². The zero-order valence-electron chi connectivity index (χ0n) is 11.1. The van der Waals surface area contributed by atoms with Crippen LogP contribution in [0.2, 0.25) is 0 Å². The number of carbonyl (C=O) groups excluding carboxylic acids is 1. The average Bonchev–Trinajstić information content (AvgIpc) is 2.43. The number of esters is 1. The quantitative estimate of drug-likeness (QED) is 0.776. The zero-order valence-corrected chi connectivity index (χ0v) is 11.1. The first kappa shape index (κ1) is 14.3. The molecule has 0 saturated carbocycles. The monoisotopic (exact) mass is 253 g/mol. The second kappa shape index (κ2) is 6.86. The van der Waals surface area contributed by atoms with Gasteiger partial charge >= 0.3 is 5.97 Å². The van der Waals surface area contributed by atoms with E-state index in [0.29, 0.717) is 6.54 Å². The maximum atomic E-state index is 11.3. The first-order chi connectivity index (χ1) is 8.62. The molecule has 5 heteroatoms. The molecule has 18 heavy (non-hydrogen) atoms. The van der Waals surface area contributed by atoms with Gasteiger partial charge in [0.2, 0.25) is 0 Å². The van der Waals surface area contributed by atoms with Crippen molar-refractivity contribution in [3.05, 3.63) is 23.8 Å². The Hall–Kier alpha value is -1.75. The molecule has 5 nitrogen and oxygen atoms in total. The fraction of sp³-hybridized carbons (Fsp3) is 0.462. The van der Waals surface area contributed by atoms with E-state index in [1.807, 2.05) is 18.2 Å². The van der Waals surface area contributed by atoms with Crippen LogP contribution in [0.15, 0.2) is 18.2 Å². The highest BCUT2D eigenvalue weighted by atomic mass is 16.5. The van der Waals surface area contributed by atoms with Crippen LogP contribution >= 0.6 is 0 Å². The minimum atomic E-state index is -0.370. The molecule has 0 fully saturated rings. The van der Waals surface area contributed by atoms with Crippen molar-refractivity contribution in [2.24, 2.45) is 0 Å². The normalized spacial score (nSPS) is 11.8. The molecule has 1 aromatic rings. The molecule has 1 N–H and O–H groups in total. The Morgan fingerprint density at radius 3 is 2.56 bits per heavy atom. The molecule has 1 aromatic carbocycles. The van der Waals surface area contributed by atoms with Crippen molar-refractivity contribution in [1.82, 2.24) is 5.32 Å². The highest BCUT2D eigenvalue weighted by Crippen LogP contribution is 2.23. The smallest absolute Gasteiger partial charge is 0.322 e. The Balaban J connectivity index is 2.73. The lowest BCUT2D eigenvalue weighted by Gasteiger charge is -2.14. The standard InChI is InChI=1S/C13H19NO4/c1-9(13(15)18-4)14-8-10-7-11(16-2)5-6-12(10)17-3/h5-7,9,14H,8H2,1-4H3. The molecule has 100 valence electrons. The summed E-state index contributed by atoms with van der Waals surface area (Å²) in [6.45, 7) is 2.25.